The predicted molar refractivity (Wildman–Crippen MR) is 108 cm³/mol. The zero-order valence-corrected chi connectivity index (χ0v) is 15.7. The third-order valence-corrected chi connectivity index (χ3v) is 5.23. The first-order valence-corrected chi connectivity index (χ1v) is 9.72. The van der Waals surface area contributed by atoms with Crippen molar-refractivity contribution in [3.05, 3.63) is 60.3 Å². The summed E-state index contributed by atoms with van der Waals surface area (Å²) in [5, 5.41) is 4.51. The minimum absolute atomic E-state index is 0.146. The van der Waals surface area contributed by atoms with Gasteiger partial charge in [-0.05, 0) is 50.1 Å². The molecule has 2 aromatic carbocycles. The molecule has 0 amide bonds. The summed E-state index contributed by atoms with van der Waals surface area (Å²) < 4.78 is 20.0. The monoisotopic (exact) mass is 367 g/mol. The summed E-state index contributed by atoms with van der Waals surface area (Å²) in [6.45, 7) is 5.75. The lowest BCUT2D eigenvalue weighted by atomic mass is 10.1. The number of nitrogens with one attached hydrogen (secondary N) is 1. The van der Waals surface area contributed by atoms with Crippen LogP contribution < -0.4 is 15.0 Å². The molecule has 3 aromatic rings. The van der Waals surface area contributed by atoms with E-state index in [1.807, 2.05) is 36.4 Å². The first-order chi connectivity index (χ1) is 13.3. The molecule has 1 unspecified atom stereocenters. The van der Waals surface area contributed by atoms with E-state index in [0.717, 1.165) is 60.5 Å². The normalized spacial score (nSPS) is 16.4. The van der Waals surface area contributed by atoms with Crippen LogP contribution in [0.1, 0.15) is 18.9 Å². The lowest BCUT2D eigenvalue weighted by Gasteiger charge is -2.35. The number of benzene rings is 2. The van der Waals surface area contributed by atoms with Gasteiger partial charge in [-0.3, -0.25) is 0 Å². The first-order valence-electron chi connectivity index (χ1n) is 9.72. The molecule has 0 saturated heterocycles. The minimum atomic E-state index is 0.146. The molecule has 1 atom stereocenters. The van der Waals surface area contributed by atoms with Crippen LogP contribution in [0.5, 0.6) is 5.75 Å². The maximum absolute atomic E-state index is 13.9. The van der Waals surface area contributed by atoms with Crippen molar-refractivity contribution in [1.82, 2.24) is 10.1 Å². The van der Waals surface area contributed by atoms with Gasteiger partial charge in [-0.15, -0.1) is 0 Å². The molecule has 5 heteroatoms. The Labute approximate surface area is 159 Å². The summed E-state index contributed by atoms with van der Waals surface area (Å²) in [6.07, 6.45) is 3.58. The van der Waals surface area contributed by atoms with E-state index in [0.29, 0.717) is 5.52 Å². The molecule has 4 nitrogen and oxygen atoms in total. The SMILES string of the molecule is CCN1CC(CNCCCc2cn(F)c3ccccc23)Oc2ccccc21. The molecular weight excluding hydrogens is 341 g/mol. The van der Waals surface area contributed by atoms with Crippen LogP contribution in [0, 0.1) is 0 Å². The smallest absolute Gasteiger partial charge is 0.143 e. The van der Waals surface area contributed by atoms with Crippen molar-refractivity contribution in [2.45, 2.75) is 25.9 Å². The average molecular weight is 367 g/mol. The standard InChI is InChI=1S/C22H26FN3O/c1-2-25-16-18(27-22-12-6-5-11-21(22)25)14-24-13-7-8-17-15-26(23)20-10-4-3-9-19(17)20/h3-6,9-12,15,18,24H,2,7-8,13-14,16H2,1H3. The summed E-state index contributed by atoms with van der Waals surface area (Å²) >= 11 is 0. The number of aryl methyl sites for hydroxylation is 1. The topological polar surface area (TPSA) is 29.4 Å². The number of rotatable bonds is 7. The van der Waals surface area contributed by atoms with E-state index in [4.69, 9.17) is 4.74 Å². The number of fused-ring (bicyclic) bond motifs is 2. The molecule has 1 aliphatic heterocycles. The zero-order chi connectivity index (χ0) is 18.6. The molecule has 0 saturated carbocycles. The van der Waals surface area contributed by atoms with Crippen molar-refractivity contribution in [2.75, 3.05) is 31.1 Å². The van der Waals surface area contributed by atoms with Crippen molar-refractivity contribution in [3.8, 4) is 5.75 Å². The second kappa shape index (κ2) is 8.01. The molecule has 0 radical (unpaired) electrons. The molecule has 0 aliphatic carbocycles. The number of para-hydroxylation sites is 3. The highest BCUT2D eigenvalue weighted by molar-refractivity contribution is 5.83. The van der Waals surface area contributed by atoms with Gasteiger partial charge in [0.25, 0.3) is 0 Å². The summed E-state index contributed by atoms with van der Waals surface area (Å²) in [5.74, 6) is 0.966. The van der Waals surface area contributed by atoms with E-state index in [-0.39, 0.29) is 6.10 Å². The summed E-state index contributed by atoms with van der Waals surface area (Å²) in [7, 11) is 0. The Balaban J connectivity index is 1.27. The minimum Gasteiger partial charge on any atom is -0.485 e. The van der Waals surface area contributed by atoms with Crippen LogP contribution in [0.2, 0.25) is 0 Å². The number of aromatic nitrogens is 1. The number of hydrogen-bond donors (Lipinski definition) is 1. The molecule has 1 N–H and O–H groups in total. The Morgan fingerprint density at radius 2 is 1.96 bits per heavy atom. The highest BCUT2D eigenvalue weighted by Crippen LogP contribution is 2.32. The molecule has 27 heavy (non-hydrogen) atoms. The second-order valence-corrected chi connectivity index (χ2v) is 7.04. The third-order valence-electron chi connectivity index (χ3n) is 5.23. The quantitative estimate of drug-likeness (QED) is 0.635. The van der Waals surface area contributed by atoms with E-state index in [2.05, 4.69) is 29.3 Å². The highest BCUT2D eigenvalue weighted by Gasteiger charge is 2.23. The fraction of sp³-hybridized carbons (Fsp3) is 0.364. The van der Waals surface area contributed by atoms with Crippen molar-refractivity contribution >= 4 is 16.6 Å². The zero-order valence-electron chi connectivity index (χ0n) is 15.7. The predicted octanol–water partition coefficient (Wildman–Crippen LogP) is 4.18. The molecule has 1 aliphatic rings. The number of hydrogen-bond acceptors (Lipinski definition) is 3. The number of halogens is 1. The Bertz CT molecular complexity index is 907. The van der Waals surface area contributed by atoms with Gasteiger partial charge in [-0.25, -0.2) is 0 Å². The van der Waals surface area contributed by atoms with E-state index >= 15 is 0 Å². The Morgan fingerprint density at radius 3 is 2.85 bits per heavy atom. The Morgan fingerprint density at radius 1 is 1.15 bits per heavy atom. The number of likely N-dealkylation sites (N-methyl/N-ethyl adjacent to an activating group) is 1. The van der Waals surface area contributed by atoms with Crippen molar-refractivity contribution in [1.29, 1.82) is 0 Å². The summed E-state index contributed by atoms with van der Waals surface area (Å²) in [5.41, 5.74) is 2.89. The van der Waals surface area contributed by atoms with Gasteiger partial charge in [0.05, 0.1) is 17.7 Å². The second-order valence-electron chi connectivity index (χ2n) is 7.04. The van der Waals surface area contributed by atoms with E-state index in [1.54, 1.807) is 6.20 Å². The maximum Gasteiger partial charge on any atom is 0.143 e. The molecule has 1 aromatic heterocycles. The van der Waals surface area contributed by atoms with Crippen LogP contribution in [0.3, 0.4) is 0 Å². The van der Waals surface area contributed by atoms with Crippen LogP contribution in [-0.2, 0) is 6.42 Å². The first kappa shape index (κ1) is 17.9. The van der Waals surface area contributed by atoms with Gasteiger partial charge in [0, 0.05) is 24.7 Å². The molecule has 142 valence electrons. The molecule has 0 fully saturated rings. The van der Waals surface area contributed by atoms with Crippen molar-refractivity contribution < 1.29 is 9.22 Å². The van der Waals surface area contributed by atoms with Gasteiger partial charge in [0.15, 0.2) is 0 Å². The average Bonchev–Trinajstić information content (AvgIpc) is 3.03. The van der Waals surface area contributed by atoms with Crippen molar-refractivity contribution in [2.24, 2.45) is 0 Å². The van der Waals surface area contributed by atoms with Crippen LogP contribution in [0.15, 0.2) is 54.7 Å². The fourth-order valence-electron chi connectivity index (χ4n) is 3.86. The number of ether oxygens (including phenoxy) is 1. The van der Waals surface area contributed by atoms with Gasteiger partial charge in [0.1, 0.15) is 11.9 Å². The van der Waals surface area contributed by atoms with E-state index in [9.17, 15) is 4.48 Å². The van der Waals surface area contributed by atoms with Crippen LogP contribution in [0.4, 0.5) is 10.2 Å². The van der Waals surface area contributed by atoms with Gasteiger partial charge in [0.2, 0.25) is 0 Å². The summed E-state index contributed by atoms with van der Waals surface area (Å²) in [4.78, 5) is 3.09. The maximum atomic E-state index is 13.9. The van der Waals surface area contributed by atoms with Crippen LogP contribution in [0.25, 0.3) is 10.9 Å². The lowest BCUT2D eigenvalue weighted by Crippen LogP contribution is -2.45. The van der Waals surface area contributed by atoms with Gasteiger partial charge < -0.3 is 15.0 Å². The van der Waals surface area contributed by atoms with Gasteiger partial charge >= 0.3 is 0 Å². The molecule has 0 bridgehead atoms. The molecule has 4 rings (SSSR count). The molecular formula is C22H26FN3O. The van der Waals surface area contributed by atoms with E-state index < -0.39 is 0 Å². The lowest BCUT2D eigenvalue weighted by molar-refractivity contribution is 0.190. The van der Waals surface area contributed by atoms with Crippen molar-refractivity contribution in [3.63, 3.8) is 0 Å². The number of anilines is 1. The molecule has 0 spiro atoms. The summed E-state index contributed by atoms with van der Waals surface area (Å²) in [6, 6.07) is 15.9. The van der Waals surface area contributed by atoms with Gasteiger partial charge in [-0.2, -0.15) is 4.79 Å². The fourth-order valence-corrected chi connectivity index (χ4v) is 3.86. The van der Waals surface area contributed by atoms with Crippen LogP contribution >= 0.6 is 0 Å². The molecule has 2 heterocycles. The highest BCUT2D eigenvalue weighted by atomic mass is 19.2. The Kier molecular flexibility index (Phi) is 5.30. The Hall–Kier alpha value is -2.53. The largest absolute Gasteiger partial charge is 0.485 e. The van der Waals surface area contributed by atoms with Crippen LogP contribution in [-0.4, -0.2) is 37.1 Å². The van der Waals surface area contributed by atoms with Gasteiger partial charge in [-0.1, -0.05) is 34.8 Å². The van der Waals surface area contributed by atoms with E-state index in [1.165, 1.54) is 5.69 Å². The number of nitrogens with zero attached hydrogens (tertiary/aromatic N) is 2. The third kappa shape index (κ3) is 3.78.